The van der Waals surface area contributed by atoms with Gasteiger partial charge in [-0.1, -0.05) is 12.1 Å². The van der Waals surface area contributed by atoms with Crippen LogP contribution in [0.3, 0.4) is 0 Å². The quantitative estimate of drug-likeness (QED) is 0.757. The Balaban J connectivity index is 1.36. The van der Waals surface area contributed by atoms with E-state index in [0.29, 0.717) is 30.4 Å². The minimum Gasteiger partial charge on any atom is -0.340 e. The number of carbonyl (C=O) groups is 1. The fourth-order valence-electron chi connectivity index (χ4n) is 3.21. The molecule has 0 atom stereocenters. The van der Waals surface area contributed by atoms with Gasteiger partial charge in [0.15, 0.2) is 0 Å². The first kappa shape index (κ1) is 17.9. The van der Waals surface area contributed by atoms with Crippen LogP contribution in [0, 0.1) is 6.92 Å². The molecule has 7 heteroatoms. The molecule has 0 radical (unpaired) electrons. The van der Waals surface area contributed by atoms with Crippen molar-refractivity contribution in [1.82, 2.24) is 19.9 Å². The van der Waals surface area contributed by atoms with E-state index in [4.69, 9.17) is 0 Å². The Bertz CT molecular complexity index is 937. The summed E-state index contributed by atoms with van der Waals surface area (Å²) < 4.78 is 0. The van der Waals surface area contributed by atoms with E-state index in [9.17, 15) is 4.79 Å². The maximum Gasteiger partial charge on any atom is 0.255 e. The minimum atomic E-state index is 0.00300. The second-order valence-corrected chi connectivity index (χ2v) is 6.75. The van der Waals surface area contributed by atoms with Crippen LogP contribution in [0.25, 0.3) is 0 Å². The third-order valence-electron chi connectivity index (χ3n) is 4.70. The fourth-order valence-corrected chi connectivity index (χ4v) is 3.21. The molecule has 2 aromatic heterocycles. The molecule has 0 saturated carbocycles. The summed E-state index contributed by atoms with van der Waals surface area (Å²) in [5, 5.41) is 3.26. The number of nitrogens with zero attached hydrogens (tertiary/aromatic N) is 5. The number of anilines is 3. The second kappa shape index (κ2) is 8.04. The molecule has 7 nitrogen and oxygen atoms in total. The lowest BCUT2D eigenvalue weighted by Gasteiger charge is -2.34. The molecular weight excluding hydrogens is 352 g/mol. The van der Waals surface area contributed by atoms with Crippen molar-refractivity contribution in [3.8, 4) is 0 Å². The molecule has 1 aliphatic heterocycles. The van der Waals surface area contributed by atoms with Crippen LogP contribution in [0.2, 0.25) is 0 Å². The first-order valence-corrected chi connectivity index (χ1v) is 9.30. The number of hydrogen-bond donors (Lipinski definition) is 1. The predicted octanol–water partition coefficient (Wildman–Crippen LogP) is 2.89. The number of aromatic nitrogens is 3. The summed E-state index contributed by atoms with van der Waals surface area (Å²) in [5.41, 5.74) is 2.75. The van der Waals surface area contributed by atoms with Crippen molar-refractivity contribution in [2.24, 2.45) is 0 Å². The fraction of sp³-hybridized carbons (Fsp3) is 0.238. The van der Waals surface area contributed by atoms with E-state index in [2.05, 4.69) is 31.2 Å². The molecule has 3 aromatic rings. The molecular formula is C21H22N6O. The van der Waals surface area contributed by atoms with Crippen LogP contribution in [0.5, 0.6) is 0 Å². The number of carbonyl (C=O) groups excluding carboxylic acids is 1. The summed E-state index contributed by atoms with van der Waals surface area (Å²) in [5.74, 6) is 1.43. The molecule has 3 heterocycles. The molecule has 0 spiro atoms. The number of nitrogens with one attached hydrogen (secondary N) is 1. The van der Waals surface area contributed by atoms with E-state index < -0.39 is 0 Å². The van der Waals surface area contributed by atoms with Crippen LogP contribution in [0.1, 0.15) is 15.9 Å². The highest BCUT2D eigenvalue weighted by Crippen LogP contribution is 2.17. The number of benzene rings is 1. The van der Waals surface area contributed by atoms with E-state index in [0.717, 1.165) is 18.8 Å². The normalized spacial score (nSPS) is 14.0. The van der Waals surface area contributed by atoms with E-state index in [-0.39, 0.29) is 5.91 Å². The van der Waals surface area contributed by atoms with E-state index >= 15 is 0 Å². The molecule has 4 rings (SSSR count). The zero-order valence-electron chi connectivity index (χ0n) is 15.7. The van der Waals surface area contributed by atoms with Gasteiger partial charge in [-0.25, -0.2) is 15.0 Å². The van der Waals surface area contributed by atoms with E-state index in [1.807, 2.05) is 42.2 Å². The average molecular weight is 374 g/mol. The number of piperazine rings is 1. The molecule has 28 heavy (non-hydrogen) atoms. The van der Waals surface area contributed by atoms with Gasteiger partial charge in [0, 0.05) is 50.5 Å². The van der Waals surface area contributed by atoms with Crippen molar-refractivity contribution in [2.75, 3.05) is 36.4 Å². The molecule has 1 fully saturated rings. The first-order valence-electron chi connectivity index (χ1n) is 9.30. The number of rotatable bonds is 4. The monoisotopic (exact) mass is 374 g/mol. The van der Waals surface area contributed by atoms with Gasteiger partial charge in [-0.3, -0.25) is 4.79 Å². The topological polar surface area (TPSA) is 74.2 Å². The van der Waals surface area contributed by atoms with Crippen LogP contribution in [0.15, 0.2) is 61.1 Å². The zero-order valence-corrected chi connectivity index (χ0v) is 15.7. The Hall–Kier alpha value is -3.48. The Labute approximate surface area is 164 Å². The smallest absolute Gasteiger partial charge is 0.255 e. The molecule has 1 saturated heterocycles. The molecule has 1 aliphatic rings. The van der Waals surface area contributed by atoms with Crippen LogP contribution in [0.4, 0.5) is 17.5 Å². The molecule has 0 unspecified atom stereocenters. The molecule has 1 aromatic carbocycles. The third kappa shape index (κ3) is 4.09. The van der Waals surface area contributed by atoms with E-state index in [1.54, 1.807) is 24.7 Å². The molecule has 142 valence electrons. The molecule has 1 N–H and O–H groups in total. The van der Waals surface area contributed by atoms with Crippen molar-refractivity contribution in [3.63, 3.8) is 0 Å². The van der Waals surface area contributed by atoms with Gasteiger partial charge in [0.2, 0.25) is 5.95 Å². The molecule has 1 amide bonds. The van der Waals surface area contributed by atoms with Gasteiger partial charge in [0.05, 0.1) is 5.56 Å². The average Bonchev–Trinajstić information content (AvgIpc) is 2.75. The van der Waals surface area contributed by atoms with Gasteiger partial charge in [0.25, 0.3) is 5.91 Å². The Morgan fingerprint density at radius 2 is 1.75 bits per heavy atom. The Morgan fingerprint density at radius 1 is 0.964 bits per heavy atom. The lowest BCUT2D eigenvalue weighted by Crippen LogP contribution is -2.49. The molecule has 0 aliphatic carbocycles. The Morgan fingerprint density at radius 3 is 2.43 bits per heavy atom. The van der Waals surface area contributed by atoms with Gasteiger partial charge in [-0.05, 0) is 42.8 Å². The largest absolute Gasteiger partial charge is 0.340 e. The number of pyridine rings is 1. The SMILES string of the molecule is Cc1cccc(Nc2ccc(C(=O)N3CCN(c4ncccn4)CC3)cn2)c1. The summed E-state index contributed by atoms with van der Waals surface area (Å²) in [7, 11) is 0. The zero-order chi connectivity index (χ0) is 19.3. The summed E-state index contributed by atoms with van der Waals surface area (Å²) in [4.78, 5) is 29.7. The van der Waals surface area contributed by atoms with Crippen molar-refractivity contribution in [2.45, 2.75) is 6.92 Å². The highest BCUT2D eigenvalue weighted by atomic mass is 16.2. The van der Waals surface area contributed by atoms with Gasteiger partial charge < -0.3 is 15.1 Å². The summed E-state index contributed by atoms with van der Waals surface area (Å²) in [6, 6.07) is 13.5. The van der Waals surface area contributed by atoms with Crippen LogP contribution in [-0.2, 0) is 0 Å². The van der Waals surface area contributed by atoms with Crippen LogP contribution in [-0.4, -0.2) is 51.9 Å². The maximum atomic E-state index is 12.8. The number of aryl methyl sites for hydroxylation is 1. The van der Waals surface area contributed by atoms with Crippen molar-refractivity contribution < 1.29 is 4.79 Å². The maximum absolute atomic E-state index is 12.8. The second-order valence-electron chi connectivity index (χ2n) is 6.75. The van der Waals surface area contributed by atoms with Gasteiger partial charge in [-0.15, -0.1) is 0 Å². The van der Waals surface area contributed by atoms with Crippen molar-refractivity contribution >= 4 is 23.4 Å². The van der Waals surface area contributed by atoms with Crippen molar-refractivity contribution in [3.05, 3.63) is 72.2 Å². The summed E-state index contributed by atoms with van der Waals surface area (Å²) in [6.07, 6.45) is 5.10. The minimum absolute atomic E-state index is 0.00300. The lowest BCUT2D eigenvalue weighted by molar-refractivity contribution is 0.0746. The number of amides is 1. The van der Waals surface area contributed by atoms with Crippen LogP contribution >= 0.6 is 0 Å². The van der Waals surface area contributed by atoms with Crippen molar-refractivity contribution in [1.29, 1.82) is 0 Å². The predicted molar refractivity (Wildman–Crippen MR) is 109 cm³/mol. The van der Waals surface area contributed by atoms with Gasteiger partial charge in [-0.2, -0.15) is 0 Å². The lowest BCUT2D eigenvalue weighted by atomic mass is 10.2. The Kier molecular flexibility index (Phi) is 5.14. The van der Waals surface area contributed by atoms with Crippen LogP contribution < -0.4 is 10.2 Å². The summed E-state index contributed by atoms with van der Waals surface area (Å²) in [6.45, 7) is 4.76. The van der Waals surface area contributed by atoms with E-state index in [1.165, 1.54) is 5.56 Å². The van der Waals surface area contributed by atoms with Gasteiger partial charge in [0.1, 0.15) is 5.82 Å². The van der Waals surface area contributed by atoms with Gasteiger partial charge >= 0.3 is 0 Å². The highest BCUT2D eigenvalue weighted by molar-refractivity contribution is 5.94. The standard InChI is InChI=1S/C21H22N6O/c1-16-4-2-5-18(14-16)25-19-7-6-17(15-24-19)20(28)26-10-12-27(13-11-26)21-22-8-3-9-23-21/h2-9,14-15H,10-13H2,1H3,(H,24,25). The number of hydrogen-bond acceptors (Lipinski definition) is 6. The first-order chi connectivity index (χ1) is 13.7. The highest BCUT2D eigenvalue weighted by Gasteiger charge is 2.23. The third-order valence-corrected chi connectivity index (χ3v) is 4.70. The summed E-state index contributed by atoms with van der Waals surface area (Å²) >= 11 is 0. The molecule has 0 bridgehead atoms.